The van der Waals surface area contributed by atoms with Crippen LogP contribution in [0.1, 0.15) is 55.3 Å². The van der Waals surface area contributed by atoms with E-state index in [0.717, 1.165) is 44.4 Å². The summed E-state index contributed by atoms with van der Waals surface area (Å²) >= 11 is 0. The summed E-state index contributed by atoms with van der Waals surface area (Å²) in [6.07, 6.45) is 2.62. The van der Waals surface area contributed by atoms with E-state index in [1.165, 1.54) is 0 Å². The quantitative estimate of drug-likeness (QED) is 0.873. The van der Waals surface area contributed by atoms with Crippen molar-refractivity contribution in [2.45, 2.75) is 63.7 Å². The maximum atomic E-state index is 13.4. The number of rotatable bonds is 2. The molecule has 2 unspecified atom stereocenters. The van der Waals surface area contributed by atoms with Crippen molar-refractivity contribution in [3.63, 3.8) is 0 Å². The van der Waals surface area contributed by atoms with Gasteiger partial charge in [0.2, 0.25) is 5.91 Å². The zero-order valence-corrected chi connectivity index (χ0v) is 14.7. The van der Waals surface area contributed by atoms with Crippen molar-refractivity contribution < 1.29 is 18.0 Å². The summed E-state index contributed by atoms with van der Waals surface area (Å²) in [4.78, 5) is 19.2. The molecule has 2 atom stereocenters. The first-order chi connectivity index (χ1) is 12.3. The highest BCUT2D eigenvalue weighted by atomic mass is 19.4. The van der Waals surface area contributed by atoms with Crippen LogP contribution in [0.4, 0.5) is 13.2 Å². The number of carbonyl (C=O) groups is 1. The van der Waals surface area contributed by atoms with Gasteiger partial charge in [-0.05, 0) is 49.7 Å². The molecule has 4 nitrogen and oxygen atoms in total. The summed E-state index contributed by atoms with van der Waals surface area (Å²) in [5, 5.41) is 0. The second-order valence-corrected chi connectivity index (χ2v) is 8.09. The Morgan fingerprint density at radius 3 is 2.65 bits per heavy atom. The van der Waals surface area contributed by atoms with Crippen LogP contribution in [-0.2, 0) is 23.9 Å². The number of nitrogens with zero attached hydrogens (tertiary/aromatic N) is 2. The molecule has 7 heteroatoms. The summed E-state index contributed by atoms with van der Waals surface area (Å²) in [7, 11) is 0. The van der Waals surface area contributed by atoms with Gasteiger partial charge in [-0.25, -0.2) is 0 Å². The van der Waals surface area contributed by atoms with E-state index in [4.69, 9.17) is 5.73 Å². The molecule has 1 aliphatic heterocycles. The van der Waals surface area contributed by atoms with Crippen LogP contribution in [0, 0.1) is 11.3 Å². The van der Waals surface area contributed by atoms with E-state index in [2.05, 4.69) is 4.98 Å². The predicted molar refractivity (Wildman–Crippen MR) is 90.0 cm³/mol. The minimum Gasteiger partial charge on any atom is -0.337 e. The number of fused-ring (bicyclic) bond motifs is 1. The van der Waals surface area contributed by atoms with Gasteiger partial charge in [0.1, 0.15) is 0 Å². The van der Waals surface area contributed by atoms with Crippen molar-refractivity contribution >= 4 is 5.91 Å². The first-order valence-electron chi connectivity index (χ1n) is 9.39. The molecule has 2 aliphatic carbocycles. The molecule has 0 saturated heterocycles. The molecule has 1 aromatic heterocycles. The molecule has 0 spiro atoms. The fraction of sp³-hybridized carbons (Fsp3) is 0.684. The summed E-state index contributed by atoms with van der Waals surface area (Å²) in [6.45, 7) is 0.739. The Kier molecular flexibility index (Phi) is 4.25. The van der Waals surface area contributed by atoms with Crippen molar-refractivity contribution in [1.29, 1.82) is 0 Å². The van der Waals surface area contributed by atoms with Crippen LogP contribution < -0.4 is 5.73 Å². The van der Waals surface area contributed by atoms with Crippen molar-refractivity contribution in [2.75, 3.05) is 6.54 Å². The van der Waals surface area contributed by atoms with Crippen molar-refractivity contribution in [3.05, 3.63) is 29.1 Å². The van der Waals surface area contributed by atoms with E-state index >= 15 is 0 Å². The highest BCUT2D eigenvalue weighted by Crippen LogP contribution is 2.53. The van der Waals surface area contributed by atoms with Gasteiger partial charge in [0.15, 0.2) is 0 Å². The number of nitrogens with two attached hydrogens (primary N) is 1. The number of aromatic nitrogens is 1. The van der Waals surface area contributed by atoms with Crippen LogP contribution in [0.5, 0.6) is 0 Å². The van der Waals surface area contributed by atoms with Gasteiger partial charge in [-0.2, -0.15) is 13.2 Å². The molecule has 1 aromatic rings. The van der Waals surface area contributed by atoms with E-state index < -0.39 is 17.2 Å². The van der Waals surface area contributed by atoms with Gasteiger partial charge in [-0.3, -0.25) is 9.78 Å². The fourth-order valence-corrected chi connectivity index (χ4v) is 4.88. The average Bonchev–Trinajstić information content (AvgIpc) is 2.93. The van der Waals surface area contributed by atoms with E-state index in [0.29, 0.717) is 36.6 Å². The third kappa shape index (κ3) is 2.90. The SMILES string of the molecule is NC1CCC(C(=O)N2CCc3ncc(C(F)(F)F)cc3C2)(C2CCC2)C1. The van der Waals surface area contributed by atoms with Crippen LogP contribution in [0.25, 0.3) is 0 Å². The Bertz CT molecular complexity index is 716. The molecule has 1 amide bonds. The van der Waals surface area contributed by atoms with Gasteiger partial charge in [-0.15, -0.1) is 0 Å². The molecule has 4 rings (SSSR count). The van der Waals surface area contributed by atoms with Gasteiger partial charge < -0.3 is 10.6 Å². The molecule has 142 valence electrons. The minimum atomic E-state index is -4.42. The predicted octanol–water partition coefficient (Wildman–Crippen LogP) is 3.28. The minimum absolute atomic E-state index is 0.0510. The van der Waals surface area contributed by atoms with Gasteiger partial charge in [0, 0.05) is 37.4 Å². The van der Waals surface area contributed by atoms with Gasteiger partial charge in [0.05, 0.1) is 11.0 Å². The van der Waals surface area contributed by atoms with Gasteiger partial charge in [-0.1, -0.05) is 6.42 Å². The molecular weight excluding hydrogens is 343 g/mol. The van der Waals surface area contributed by atoms with E-state index in [9.17, 15) is 18.0 Å². The summed E-state index contributed by atoms with van der Waals surface area (Å²) in [6, 6.07) is 1.20. The normalized spacial score (nSPS) is 29.4. The highest BCUT2D eigenvalue weighted by molar-refractivity contribution is 5.84. The highest BCUT2D eigenvalue weighted by Gasteiger charge is 2.53. The second-order valence-electron chi connectivity index (χ2n) is 8.09. The Balaban J connectivity index is 1.58. The molecule has 2 heterocycles. The number of hydrogen-bond donors (Lipinski definition) is 1. The average molecular weight is 367 g/mol. The summed E-state index contributed by atoms with van der Waals surface area (Å²) < 4.78 is 39.0. The summed E-state index contributed by atoms with van der Waals surface area (Å²) in [5.74, 6) is 0.475. The second kappa shape index (κ2) is 6.22. The zero-order valence-electron chi connectivity index (χ0n) is 14.7. The number of carbonyl (C=O) groups excluding carboxylic acids is 1. The molecule has 0 radical (unpaired) electrons. The first kappa shape index (κ1) is 17.8. The number of hydrogen-bond acceptors (Lipinski definition) is 3. The van der Waals surface area contributed by atoms with Crippen molar-refractivity contribution in [2.24, 2.45) is 17.1 Å². The van der Waals surface area contributed by atoms with Gasteiger partial charge in [0.25, 0.3) is 0 Å². The topological polar surface area (TPSA) is 59.2 Å². The lowest BCUT2D eigenvalue weighted by Crippen LogP contribution is -2.50. The maximum Gasteiger partial charge on any atom is 0.417 e. The molecule has 2 N–H and O–H groups in total. The molecule has 3 aliphatic rings. The monoisotopic (exact) mass is 367 g/mol. The molecule has 26 heavy (non-hydrogen) atoms. The van der Waals surface area contributed by atoms with Crippen LogP contribution in [0.3, 0.4) is 0 Å². The first-order valence-corrected chi connectivity index (χ1v) is 9.39. The number of pyridine rings is 1. The zero-order chi connectivity index (χ0) is 18.5. The van der Waals surface area contributed by atoms with Crippen LogP contribution in [0.15, 0.2) is 12.3 Å². The number of amides is 1. The Morgan fingerprint density at radius 1 is 1.31 bits per heavy atom. The number of alkyl halides is 3. The molecule has 2 fully saturated rings. The third-order valence-electron chi connectivity index (χ3n) is 6.55. The van der Waals surface area contributed by atoms with E-state index in [-0.39, 0.29) is 18.5 Å². The Hall–Kier alpha value is -1.63. The van der Waals surface area contributed by atoms with E-state index in [1.807, 2.05) is 0 Å². The smallest absolute Gasteiger partial charge is 0.337 e. The molecular formula is C19H24F3N3O. The standard InChI is InChI=1S/C19H24F3N3O/c20-19(21,22)14-8-12-11-25(7-5-16(12)24-10-14)17(26)18(13-2-1-3-13)6-4-15(23)9-18/h8,10,13,15H,1-7,9,11,23H2. The third-order valence-corrected chi connectivity index (χ3v) is 6.55. The van der Waals surface area contributed by atoms with Crippen molar-refractivity contribution in [3.8, 4) is 0 Å². The largest absolute Gasteiger partial charge is 0.417 e. The summed E-state index contributed by atoms with van der Waals surface area (Å²) in [5.41, 5.74) is 6.17. The fourth-order valence-electron chi connectivity index (χ4n) is 4.88. The van der Waals surface area contributed by atoms with Crippen LogP contribution >= 0.6 is 0 Å². The Labute approximate surface area is 151 Å². The van der Waals surface area contributed by atoms with Crippen LogP contribution in [0.2, 0.25) is 0 Å². The lowest BCUT2D eigenvalue weighted by molar-refractivity contribution is -0.149. The van der Waals surface area contributed by atoms with E-state index in [1.54, 1.807) is 4.90 Å². The molecule has 2 saturated carbocycles. The molecule has 0 bridgehead atoms. The lowest BCUT2D eigenvalue weighted by Gasteiger charge is -2.45. The lowest BCUT2D eigenvalue weighted by atomic mass is 9.63. The number of halogens is 3. The maximum absolute atomic E-state index is 13.4. The van der Waals surface area contributed by atoms with Crippen LogP contribution in [-0.4, -0.2) is 28.4 Å². The molecule has 0 aromatic carbocycles. The Morgan fingerprint density at radius 2 is 2.08 bits per heavy atom. The van der Waals surface area contributed by atoms with Crippen molar-refractivity contribution in [1.82, 2.24) is 9.88 Å². The van der Waals surface area contributed by atoms with Gasteiger partial charge >= 0.3 is 6.18 Å².